The third-order valence-corrected chi connectivity index (χ3v) is 5.76. The summed E-state index contributed by atoms with van der Waals surface area (Å²) >= 11 is 0. The van der Waals surface area contributed by atoms with Crippen LogP contribution in [0.25, 0.3) is 0 Å². The van der Waals surface area contributed by atoms with Gasteiger partial charge in [0.15, 0.2) is 6.04 Å². The first-order valence-electron chi connectivity index (χ1n) is 11.0. The van der Waals surface area contributed by atoms with Crippen LogP contribution in [0, 0.1) is 0 Å². The van der Waals surface area contributed by atoms with E-state index >= 15 is 0 Å². The third-order valence-electron chi connectivity index (χ3n) is 5.76. The second-order valence-corrected chi connectivity index (χ2v) is 7.94. The molecule has 1 amide bonds. The van der Waals surface area contributed by atoms with Crippen molar-refractivity contribution in [1.82, 2.24) is 10.2 Å². The van der Waals surface area contributed by atoms with E-state index in [2.05, 4.69) is 5.32 Å². The number of hydrogen-bond donors (Lipinski definition) is 2. The molecule has 3 unspecified atom stereocenters. The highest BCUT2D eigenvalue weighted by Gasteiger charge is 2.38. The second-order valence-electron chi connectivity index (χ2n) is 7.94. The number of carbonyl (C=O) groups excluding carboxylic acids is 2. The maximum Gasteiger partial charge on any atom is 0.331 e. The highest BCUT2D eigenvalue weighted by atomic mass is 16.5. The Kier molecular flexibility index (Phi) is 8.00. The maximum atomic E-state index is 13.3. The molecular weight excluding hydrogens is 408 g/mol. The number of aliphatic carboxylic acids is 1. The van der Waals surface area contributed by atoms with E-state index in [1.54, 1.807) is 26.0 Å². The fraction of sp³-hybridized carbons (Fsp3) is 0.400. The first kappa shape index (κ1) is 23.5. The van der Waals surface area contributed by atoms with Crippen LogP contribution in [0.5, 0.6) is 0 Å². The number of benzene rings is 2. The number of esters is 1. The molecule has 32 heavy (non-hydrogen) atoms. The Morgan fingerprint density at radius 2 is 1.81 bits per heavy atom. The predicted molar refractivity (Wildman–Crippen MR) is 120 cm³/mol. The van der Waals surface area contributed by atoms with Crippen molar-refractivity contribution in [3.05, 3.63) is 71.3 Å². The van der Waals surface area contributed by atoms with E-state index in [1.807, 2.05) is 42.5 Å². The average molecular weight is 439 g/mol. The zero-order valence-electron chi connectivity index (χ0n) is 18.5. The van der Waals surface area contributed by atoms with Crippen LogP contribution in [0.15, 0.2) is 54.6 Å². The quantitative estimate of drug-likeness (QED) is 0.585. The van der Waals surface area contributed by atoms with Crippen LogP contribution in [0.1, 0.15) is 43.0 Å². The minimum atomic E-state index is -1.07. The number of carboxylic acid groups (broad SMARTS) is 1. The summed E-state index contributed by atoms with van der Waals surface area (Å²) in [5.41, 5.74) is 2.66. The first-order valence-corrected chi connectivity index (χ1v) is 11.0. The number of aryl methyl sites for hydroxylation is 1. The van der Waals surface area contributed by atoms with Gasteiger partial charge in [0.25, 0.3) is 0 Å². The lowest BCUT2D eigenvalue weighted by Gasteiger charge is -2.37. The molecule has 170 valence electrons. The lowest BCUT2D eigenvalue weighted by Crippen LogP contribution is -2.54. The molecule has 7 nitrogen and oxygen atoms in total. The van der Waals surface area contributed by atoms with E-state index in [1.165, 1.54) is 4.90 Å². The molecule has 0 spiro atoms. The summed E-state index contributed by atoms with van der Waals surface area (Å²) in [7, 11) is 0. The molecule has 1 heterocycles. The van der Waals surface area contributed by atoms with Gasteiger partial charge in [0.05, 0.1) is 12.6 Å². The highest BCUT2D eigenvalue weighted by Crippen LogP contribution is 2.30. The summed E-state index contributed by atoms with van der Waals surface area (Å²) in [6, 6.07) is 14.6. The molecular formula is C25H30N2O5. The van der Waals surface area contributed by atoms with Gasteiger partial charge in [0.2, 0.25) is 5.91 Å². The van der Waals surface area contributed by atoms with Crippen molar-refractivity contribution in [3.63, 3.8) is 0 Å². The van der Waals surface area contributed by atoms with Gasteiger partial charge in [-0.15, -0.1) is 0 Å². The van der Waals surface area contributed by atoms with Crippen LogP contribution in [0.3, 0.4) is 0 Å². The summed E-state index contributed by atoms with van der Waals surface area (Å²) in [4.78, 5) is 39.2. The van der Waals surface area contributed by atoms with Crippen molar-refractivity contribution in [3.8, 4) is 0 Å². The van der Waals surface area contributed by atoms with Gasteiger partial charge in [0.1, 0.15) is 6.04 Å². The van der Waals surface area contributed by atoms with Crippen molar-refractivity contribution < 1.29 is 24.2 Å². The SMILES string of the molecule is CCOC(=O)C(CCc1ccccc1)NC(C)C(=O)N1CCc2ccccc2C1C(=O)O. The Morgan fingerprint density at radius 3 is 2.50 bits per heavy atom. The first-order chi connectivity index (χ1) is 15.4. The van der Waals surface area contributed by atoms with Crippen LogP contribution in [-0.4, -0.2) is 53.1 Å². The number of nitrogens with zero attached hydrogens (tertiary/aromatic N) is 1. The van der Waals surface area contributed by atoms with Gasteiger partial charge in [0, 0.05) is 6.54 Å². The summed E-state index contributed by atoms with van der Waals surface area (Å²) in [5.74, 6) is -1.83. The summed E-state index contributed by atoms with van der Waals surface area (Å²) in [6.45, 7) is 3.96. The van der Waals surface area contributed by atoms with Gasteiger partial charge < -0.3 is 14.7 Å². The van der Waals surface area contributed by atoms with E-state index < -0.39 is 30.1 Å². The van der Waals surface area contributed by atoms with Gasteiger partial charge >= 0.3 is 11.9 Å². The largest absolute Gasteiger partial charge is 0.479 e. The lowest BCUT2D eigenvalue weighted by molar-refractivity contribution is -0.153. The van der Waals surface area contributed by atoms with E-state index in [9.17, 15) is 19.5 Å². The van der Waals surface area contributed by atoms with Crippen molar-refractivity contribution in [1.29, 1.82) is 0 Å². The molecule has 3 rings (SSSR count). The monoisotopic (exact) mass is 438 g/mol. The molecule has 0 saturated heterocycles. The molecule has 3 atom stereocenters. The number of ether oxygens (including phenoxy) is 1. The topological polar surface area (TPSA) is 95.9 Å². The van der Waals surface area contributed by atoms with E-state index in [0.29, 0.717) is 31.4 Å². The van der Waals surface area contributed by atoms with Gasteiger partial charge in [-0.25, -0.2) is 4.79 Å². The average Bonchev–Trinajstić information content (AvgIpc) is 2.80. The number of carboxylic acids is 1. The molecule has 0 saturated carbocycles. The Labute approximate surface area is 188 Å². The standard InChI is InChI=1S/C25H30N2O5/c1-3-32-25(31)21(14-13-18-9-5-4-6-10-18)26-17(2)23(28)27-16-15-19-11-7-8-12-20(19)22(27)24(29)30/h4-12,17,21-22,26H,3,13-16H2,1-2H3,(H,29,30). The van der Waals surface area contributed by atoms with E-state index in [-0.39, 0.29) is 12.5 Å². The molecule has 0 bridgehead atoms. The number of amides is 1. The van der Waals surface area contributed by atoms with Gasteiger partial charge in [-0.3, -0.25) is 14.9 Å². The Bertz CT molecular complexity index is 946. The molecule has 0 aromatic heterocycles. The molecule has 1 aliphatic rings. The number of carbonyl (C=O) groups is 3. The number of nitrogens with one attached hydrogen (secondary N) is 1. The smallest absolute Gasteiger partial charge is 0.331 e. The zero-order chi connectivity index (χ0) is 23.1. The number of fused-ring (bicyclic) bond motifs is 1. The molecule has 7 heteroatoms. The molecule has 0 aliphatic carbocycles. The molecule has 2 aromatic rings. The van der Waals surface area contributed by atoms with Crippen molar-refractivity contribution >= 4 is 17.8 Å². The predicted octanol–water partition coefficient (Wildman–Crippen LogP) is 2.74. The third kappa shape index (κ3) is 5.53. The maximum absolute atomic E-state index is 13.3. The fourth-order valence-corrected chi connectivity index (χ4v) is 4.16. The summed E-state index contributed by atoms with van der Waals surface area (Å²) in [6.07, 6.45) is 1.70. The van der Waals surface area contributed by atoms with Crippen LogP contribution >= 0.6 is 0 Å². The van der Waals surface area contributed by atoms with Crippen LogP contribution < -0.4 is 5.32 Å². The zero-order valence-corrected chi connectivity index (χ0v) is 18.5. The van der Waals surface area contributed by atoms with E-state index in [4.69, 9.17) is 4.74 Å². The van der Waals surface area contributed by atoms with Crippen LogP contribution in [0.4, 0.5) is 0 Å². The Morgan fingerprint density at radius 1 is 1.12 bits per heavy atom. The van der Waals surface area contributed by atoms with Gasteiger partial charge in [-0.2, -0.15) is 0 Å². The Balaban J connectivity index is 1.73. The van der Waals surface area contributed by atoms with E-state index in [0.717, 1.165) is 11.1 Å². The summed E-state index contributed by atoms with van der Waals surface area (Å²) < 4.78 is 5.20. The van der Waals surface area contributed by atoms with Crippen LogP contribution in [0.2, 0.25) is 0 Å². The van der Waals surface area contributed by atoms with Crippen molar-refractivity contribution in [2.24, 2.45) is 0 Å². The molecule has 0 fully saturated rings. The fourth-order valence-electron chi connectivity index (χ4n) is 4.16. The molecule has 1 aliphatic heterocycles. The minimum absolute atomic E-state index is 0.245. The van der Waals surface area contributed by atoms with Gasteiger partial charge in [-0.05, 0) is 49.8 Å². The molecule has 0 radical (unpaired) electrons. The normalized spacial score (nSPS) is 17.2. The molecule has 2 N–H and O–H groups in total. The van der Waals surface area contributed by atoms with Crippen LogP contribution in [-0.2, 0) is 32.0 Å². The number of rotatable bonds is 9. The lowest BCUT2D eigenvalue weighted by atomic mass is 9.92. The second kappa shape index (κ2) is 10.9. The summed E-state index contributed by atoms with van der Waals surface area (Å²) in [5, 5.41) is 12.9. The van der Waals surface area contributed by atoms with Gasteiger partial charge in [-0.1, -0.05) is 54.6 Å². The highest BCUT2D eigenvalue weighted by molar-refractivity contribution is 5.89. The minimum Gasteiger partial charge on any atom is -0.479 e. The number of hydrogen-bond acceptors (Lipinski definition) is 5. The Hall–Kier alpha value is -3.19. The van der Waals surface area contributed by atoms with Crippen molar-refractivity contribution in [2.45, 2.75) is 51.2 Å². The van der Waals surface area contributed by atoms with Crippen molar-refractivity contribution in [2.75, 3.05) is 13.2 Å². The molecule has 2 aromatic carbocycles.